The van der Waals surface area contributed by atoms with Crippen LogP contribution in [0.4, 0.5) is 16.3 Å². The average Bonchev–Trinajstić information content (AvgIpc) is 3.22. The molecule has 1 atom stereocenters. The third-order valence-corrected chi connectivity index (χ3v) is 6.04. The molecule has 0 spiro atoms. The first-order chi connectivity index (χ1) is 16.4. The summed E-state index contributed by atoms with van der Waals surface area (Å²) in [5, 5.41) is 11.2. The lowest BCUT2D eigenvalue weighted by molar-refractivity contribution is 0.102. The molecule has 0 unspecified atom stereocenters. The molecule has 170 valence electrons. The van der Waals surface area contributed by atoms with Gasteiger partial charge in [0.05, 0.1) is 0 Å². The molecule has 1 aromatic heterocycles. The van der Waals surface area contributed by atoms with E-state index in [0.717, 1.165) is 11.1 Å². The number of nitrogens with one attached hydrogen (secondary N) is 2. The van der Waals surface area contributed by atoms with E-state index in [4.69, 9.17) is 23.2 Å². The van der Waals surface area contributed by atoms with Crippen LogP contribution in [0.15, 0.2) is 72.8 Å². The fourth-order valence-electron chi connectivity index (χ4n) is 3.72. The molecule has 2 N–H and O–H groups in total. The molecular weight excluding hydrogens is 476 g/mol. The van der Waals surface area contributed by atoms with Gasteiger partial charge >= 0.3 is 0 Å². The Balaban J connectivity index is 1.55. The van der Waals surface area contributed by atoms with Crippen molar-refractivity contribution in [1.29, 1.82) is 0 Å². The van der Waals surface area contributed by atoms with Crippen LogP contribution >= 0.6 is 23.2 Å². The maximum absolute atomic E-state index is 14.9. The predicted octanol–water partition coefficient (Wildman–Crippen LogP) is 6.34. The number of aromatic nitrogens is 3. The van der Waals surface area contributed by atoms with Gasteiger partial charge in [-0.2, -0.15) is 4.98 Å². The number of allylic oxidation sites excluding steroid dienone is 1. The molecule has 0 fully saturated rings. The van der Waals surface area contributed by atoms with Gasteiger partial charge in [0.1, 0.15) is 11.9 Å². The highest BCUT2D eigenvalue weighted by Crippen LogP contribution is 2.37. The first-order valence-electron chi connectivity index (χ1n) is 10.4. The molecule has 2 heterocycles. The maximum atomic E-state index is 14.9. The van der Waals surface area contributed by atoms with E-state index >= 15 is 0 Å². The fourth-order valence-corrected chi connectivity index (χ4v) is 4.12. The molecule has 4 aromatic rings. The van der Waals surface area contributed by atoms with E-state index in [1.807, 2.05) is 31.2 Å². The molecule has 9 heteroatoms. The van der Waals surface area contributed by atoms with Gasteiger partial charge < -0.3 is 5.32 Å². The molecule has 0 radical (unpaired) electrons. The molecule has 0 saturated heterocycles. The van der Waals surface area contributed by atoms with Gasteiger partial charge in [-0.15, -0.1) is 5.10 Å². The Hall–Kier alpha value is -3.68. The molecule has 3 aromatic carbocycles. The van der Waals surface area contributed by atoms with E-state index in [0.29, 0.717) is 22.2 Å². The highest BCUT2D eigenvalue weighted by molar-refractivity contribution is 6.31. The lowest BCUT2D eigenvalue weighted by Crippen LogP contribution is -2.21. The van der Waals surface area contributed by atoms with Crippen molar-refractivity contribution < 1.29 is 9.18 Å². The number of rotatable bonds is 4. The van der Waals surface area contributed by atoms with Crippen LogP contribution in [0.2, 0.25) is 10.0 Å². The molecular formula is C25H18Cl2FN5O. The van der Waals surface area contributed by atoms with Gasteiger partial charge in [0.2, 0.25) is 5.95 Å². The van der Waals surface area contributed by atoms with Gasteiger partial charge in [-0.25, -0.2) is 9.07 Å². The molecule has 6 nitrogen and oxygen atoms in total. The van der Waals surface area contributed by atoms with E-state index < -0.39 is 11.9 Å². The van der Waals surface area contributed by atoms with Crippen molar-refractivity contribution in [2.75, 3.05) is 10.6 Å². The molecule has 0 bridgehead atoms. The Morgan fingerprint density at radius 1 is 1.06 bits per heavy atom. The summed E-state index contributed by atoms with van der Waals surface area (Å²) < 4.78 is 16.4. The van der Waals surface area contributed by atoms with Crippen molar-refractivity contribution in [3.8, 4) is 0 Å². The minimum absolute atomic E-state index is 0.0799. The molecule has 1 amide bonds. The third-order valence-electron chi connectivity index (χ3n) is 5.46. The SMILES string of the molecule is Cc1ccc(C(=O)Nc2nc3n(n2)[C@H](c2c(F)cccc2Cl)C=C(c2ccc(Cl)cc2)N3)cc1. The van der Waals surface area contributed by atoms with Gasteiger partial charge in [-0.1, -0.05) is 59.1 Å². The van der Waals surface area contributed by atoms with Gasteiger partial charge in [-0.3, -0.25) is 10.1 Å². The Kier molecular flexibility index (Phi) is 5.81. The molecule has 0 saturated carbocycles. The molecule has 0 aliphatic carbocycles. The monoisotopic (exact) mass is 493 g/mol. The number of anilines is 2. The quantitative estimate of drug-likeness (QED) is 0.347. The van der Waals surface area contributed by atoms with E-state index in [-0.39, 0.29) is 22.4 Å². The van der Waals surface area contributed by atoms with E-state index in [2.05, 4.69) is 20.7 Å². The minimum atomic E-state index is -0.701. The highest BCUT2D eigenvalue weighted by atomic mass is 35.5. The van der Waals surface area contributed by atoms with Crippen LogP contribution in [0.1, 0.15) is 33.1 Å². The van der Waals surface area contributed by atoms with E-state index in [1.54, 1.807) is 42.5 Å². The summed E-state index contributed by atoms with van der Waals surface area (Å²) in [4.78, 5) is 17.1. The van der Waals surface area contributed by atoms with Crippen LogP contribution in [0, 0.1) is 12.7 Å². The third kappa shape index (κ3) is 4.27. The standard InChI is InChI=1S/C25H18Cl2FN5O/c1-14-5-7-16(8-6-14)23(34)30-24-31-25-29-20(15-9-11-17(26)12-10-15)13-21(33(25)32-24)22-18(27)3-2-4-19(22)28/h2-13,21H,1H3,(H2,29,30,31,32,34)/t21-/m0/s1. The number of carbonyl (C=O) groups is 1. The fraction of sp³-hybridized carbons (Fsp3) is 0.0800. The number of halogens is 3. The van der Waals surface area contributed by atoms with Crippen LogP contribution in [0.25, 0.3) is 5.70 Å². The summed E-state index contributed by atoms with van der Waals surface area (Å²) in [7, 11) is 0. The largest absolute Gasteiger partial charge is 0.324 e. The molecule has 5 rings (SSSR count). The Morgan fingerprint density at radius 2 is 1.79 bits per heavy atom. The van der Waals surface area contributed by atoms with Crippen LogP contribution in [-0.4, -0.2) is 20.7 Å². The second-order valence-electron chi connectivity index (χ2n) is 7.82. The van der Waals surface area contributed by atoms with E-state index in [1.165, 1.54) is 10.7 Å². The summed E-state index contributed by atoms with van der Waals surface area (Å²) in [5.41, 5.74) is 3.26. The highest BCUT2D eigenvalue weighted by Gasteiger charge is 2.29. The topological polar surface area (TPSA) is 71.8 Å². The average molecular weight is 494 g/mol. The second-order valence-corrected chi connectivity index (χ2v) is 8.66. The normalized spacial score (nSPS) is 14.7. The van der Waals surface area contributed by atoms with Crippen LogP contribution in [-0.2, 0) is 0 Å². The zero-order chi connectivity index (χ0) is 23.8. The van der Waals surface area contributed by atoms with Crippen LogP contribution in [0.5, 0.6) is 0 Å². The predicted molar refractivity (Wildman–Crippen MR) is 132 cm³/mol. The van der Waals surface area contributed by atoms with Crippen LogP contribution < -0.4 is 10.6 Å². The lowest BCUT2D eigenvalue weighted by atomic mass is 10.0. The summed E-state index contributed by atoms with van der Waals surface area (Å²) >= 11 is 12.4. The maximum Gasteiger partial charge on any atom is 0.258 e. The van der Waals surface area contributed by atoms with Crippen LogP contribution in [0.3, 0.4) is 0 Å². The number of aryl methyl sites for hydroxylation is 1. The van der Waals surface area contributed by atoms with E-state index in [9.17, 15) is 9.18 Å². The number of amides is 1. The number of hydrogen-bond acceptors (Lipinski definition) is 4. The van der Waals surface area contributed by atoms with Crippen molar-refractivity contribution in [2.45, 2.75) is 13.0 Å². The number of hydrogen-bond donors (Lipinski definition) is 2. The Morgan fingerprint density at radius 3 is 2.50 bits per heavy atom. The van der Waals surface area contributed by atoms with Gasteiger partial charge in [0.15, 0.2) is 0 Å². The number of benzene rings is 3. The zero-order valence-electron chi connectivity index (χ0n) is 17.9. The van der Waals surface area contributed by atoms with Crippen molar-refractivity contribution in [3.63, 3.8) is 0 Å². The summed E-state index contributed by atoms with van der Waals surface area (Å²) in [6.07, 6.45) is 1.81. The number of carbonyl (C=O) groups excluding carboxylic acids is 1. The van der Waals surface area contributed by atoms with Crippen molar-refractivity contribution >= 4 is 46.7 Å². The van der Waals surface area contributed by atoms with Gasteiger partial charge in [-0.05, 0) is 55.0 Å². The summed E-state index contributed by atoms with van der Waals surface area (Å²) in [5.74, 6) is -0.417. The van der Waals surface area contributed by atoms with Gasteiger partial charge in [0, 0.05) is 26.9 Å². The minimum Gasteiger partial charge on any atom is -0.324 e. The molecule has 34 heavy (non-hydrogen) atoms. The van der Waals surface area contributed by atoms with Crippen molar-refractivity contribution in [1.82, 2.24) is 14.8 Å². The molecule has 1 aliphatic rings. The Bertz CT molecular complexity index is 1390. The smallest absolute Gasteiger partial charge is 0.258 e. The second kappa shape index (κ2) is 8.93. The number of nitrogens with zero attached hydrogens (tertiary/aromatic N) is 3. The molecule has 1 aliphatic heterocycles. The number of fused-ring (bicyclic) bond motifs is 1. The van der Waals surface area contributed by atoms with Crippen molar-refractivity contribution in [2.24, 2.45) is 0 Å². The Labute approximate surface area is 205 Å². The summed E-state index contributed by atoms with van der Waals surface area (Å²) in [6.45, 7) is 1.94. The first-order valence-corrected chi connectivity index (χ1v) is 11.2. The first kappa shape index (κ1) is 22.1. The summed E-state index contributed by atoms with van der Waals surface area (Å²) in [6, 6.07) is 18.2. The lowest BCUT2D eigenvalue weighted by Gasteiger charge is -2.25. The van der Waals surface area contributed by atoms with Gasteiger partial charge in [0.25, 0.3) is 11.9 Å². The zero-order valence-corrected chi connectivity index (χ0v) is 19.4. The van der Waals surface area contributed by atoms with Crippen molar-refractivity contribution in [3.05, 3.63) is 111 Å².